The third-order valence-corrected chi connectivity index (χ3v) is 3.30. The second-order valence-electron chi connectivity index (χ2n) is 5.55. The molecular weight excluding hydrogens is 238 g/mol. The molecule has 1 fully saturated rings. The predicted octanol–water partition coefficient (Wildman–Crippen LogP) is 1.26. The number of nitrogens with zero attached hydrogens (tertiary/aromatic N) is 2. The maximum Gasteiger partial charge on any atom is 0.273 e. The number of carbonyl (C=O) groups excluding carboxylic acids is 1. The highest BCUT2D eigenvalue weighted by Gasteiger charge is 2.33. The minimum Gasteiger partial charge on any atom is -0.337 e. The van der Waals surface area contributed by atoms with Gasteiger partial charge in [0.25, 0.3) is 5.91 Å². The van der Waals surface area contributed by atoms with Crippen LogP contribution >= 0.6 is 0 Å². The predicted molar refractivity (Wildman–Crippen MR) is 74.5 cm³/mol. The van der Waals surface area contributed by atoms with Gasteiger partial charge < -0.3 is 10.6 Å². The van der Waals surface area contributed by atoms with Crippen molar-refractivity contribution in [2.75, 3.05) is 19.6 Å². The molecule has 0 bridgehead atoms. The molecule has 1 aliphatic rings. The van der Waals surface area contributed by atoms with E-state index < -0.39 is 0 Å². The molecule has 1 saturated heterocycles. The van der Waals surface area contributed by atoms with E-state index in [9.17, 15) is 4.79 Å². The molecule has 19 heavy (non-hydrogen) atoms. The van der Waals surface area contributed by atoms with E-state index in [2.05, 4.69) is 30.7 Å². The molecule has 1 aliphatic heterocycles. The Kier molecular flexibility index (Phi) is 3.87. The molecule has 0 saturated carbocycles. The summed E-state index contributed by atoms with van der Waals surface area (Å²) in [6.07, 6.45) is 2.65. The fourth-order valence-electron chi connectivity index (χ4n) is 2.26. The van der Waals surface area contributed by atoms with E-state index >= 15 is 0 Å². The van der Waals surface area contributed by atoms with Crippen molar-refractivity contribution in [2.45, 2.75) is 20.3 Å². The van der Waals surface area contributed by atoms with Crippen LogP contribution in [0.15, 0.2) is 18.3 Å². The van der Waals surface area contributed by atoms with Crippen LogP contribution in [0.1, 0.15) is 36.3 Å². The number of pyridine rings is 1. The van der Waals surface area contributed by atoms with Crippen molar-refractivity contribution in [3.05, 3.63) is 29.6 Å². The normalized spacial score (nSPS) is 16.9. The molecule has 1 aromatic heterocycles. The molecule has 0 spiro atoms. The number of aromatic nitrogens is 1. The van der Waals surface area contributed by atoms with Gasteiger partial charge in [0.05, 0.1) is 12.1 Å². The zero-order valence-corrected chi connectivity index (χ0v) is 11.4. The summed E-state index contributed by atoms with van der Waals surface area (Å²) in [5, 5.41) is 0. The third kappa shape index (κ3) is 3.12. The summed E-state index contributed by atoms with van der Waals surface area (Å²) in [5.74, 6) is 5.65. The summed E-state index contributed by atoms with van der Waals surface area (Å²) in [6.45, 7) is 6.18. The first-order valence-electron chi connectivity index (χ1n) is 6.47. The summed E-state index contributed by atoms with van der Waals surface area (Å²) >= 11 is 0. The van der Waals surface area contributed by atoms with E-state index in [4.69, 9.17) is 5.73 Å². The molecule has 0 unspecified atom stereocenters. The average Bonchev–Trinajstić information content (AvgIpc) is 2.76. The zero-order valence-electron chi connectivity index (χ0n) is 11.4. The van der Waals surface area contributed by atoms with E-state index in [0.717, 1.165) is 19.5 Å². The molecule has 100 valence electrons. The first-order valence-corrected chi connectivity index (χ1v) is 6.47. The largest absolute Gasteiger partial charge is 0.337 e. The molecule has 2 N–H and O–H groups in total. The Morgan fingerprint density at radius 1 is 1.58 bits per heavy atom. The summed E-state index contributed by atoms with van der Waals surface area (Å²) in [4.78, 5) is 18.5. The van der Waals surface area contributed by atoms with Crippen molar-refractivity contribution < 1.29 is 4.79 Å². The molecule has 2 rings (SSSR count). The first-order chi connectivity index (χ1) is 9.03. The summed E-state index contributed by atoms with van der Waals surface area (Å²) in [7, 11) is 0. The number of hydrogen-bond acceptors (Lipinski definition) is 3. The molecule has 0 aromatic carbocycles. The van der Waals surface area contributed by atoms with Crippen molar-refractivity contribution in [3.8, 4) is 11.8 Å². The van der Waals surface area contributed by atoms with Crippen LogP contribution in [-0.4, -0.2) is 35.4 Å². The SMILES string of the molecule is CC1(C)CCN(C(=O)c2ncccc2C#CCN)C1. The summed E-state index contributed by atoms with van der Waals surface area (Å²) in [6, 6.07) is 3.59. The summed E-state index contributed by atoms with van der Waals surface area (Å²) in [5.41, 5.74) is 6.65. The maximum atomic E-state index is 12.5. The lowest BCUT2D eigenvalue weighted by Crippen LogP contribution is -2.31. The highest BCUT2D eigenvalue weighted by molar-refractivity contribution is 5.95. The smallest absolute Gasteiger partial charge is 0.273 e. The lowest BCUT2D eigenvalue weighted by atomic mass is 9.93. The number of likely N-dealkylation sites (tertiary alicyclic amines) is 1. The van der Waals surface area contributed by atoms with Gasteiger partial charge in [-0.1, -0.05) is 25.7 Å². The van der Waals surface area contributed by atoms with E-state index in [1.54, 1.807) is 12.3 Å². The van der Waals surface area contributed by atoms with E-state index in [1.165, 1.54) is 0 Å². The van der Waals surface area contributed by atoms with Gasteiger partial charge in [0.15, 0.2) is 0 Å². The monoisotopic (exact) mass is 257 g/mol. The van der Waals surface area contributed by atoms with Gasteiger partial charge in [-0.3, -0.25) is 4.79 Å². The molecule has 2 heterocycles. The topological polar surface area (TPSA) is 59.2 Å². The van der Waals surface area contributed by atoms with Crippen LogP contribution in [-0.2, 0) is 0 Å². The molecule has 0 radical (unpaired) electrons. The van der Waals surface area contributed by atoms with Crippen LogP contribution < -0.4 is 5.73 Å². The fourth-order valence-corrected chi connectivity index (χ4v) is 2.26. The van der Waals surface area contributed by atoms with Crippen molar-refractivity contribution in [1.82, 2.24) is 9.88 Å². The van der Waals surface area contributed by atoms with Crippen LogP contribution in [0.25, 0.3) is 0 Å². The van der Waals surface area contributed by atoms with Crippen LogP contribution in [0.2, 0.25) is 0 Å². The second-order valence-corrected chi connectivity index (χ2v) is 5.55. The Labute approximate surface area is 114 Å². The molecule has 1 amide bonds. The van der Waals surface area contributed by atoms with Crippen molar-refractivity contribution in [2.24, 2.45) is 11.1 Å². The number of carbonyl (C=O) groups is 1. The Morgan fingerprint density at radius 2 is 2.37 bits per heavy atom. The van der Waals surface area contributed by atoms with Gasteiger partial charge in [-0.15, -0.1) is 0 Å². The van der Waals surface area contributed by atoms with Gasteiger partial charge in [0.2, 0.25) is 0 Å². The Balaban J connectivity index is 2.25. The fraction of sp³-hybridized carbons (Fsp3) is 0.467. The maximum absolute atomic E-state index is 12.5. The quantitative estimate of drug-likeness (QED) is 0.771. The van der Waals surface area contributed by atoms with Gasteiger partial charge in [-0.25, -0.2) is 4.98 Å². The minimum atomic E-state index is -0.0347. The molecule has 0 atom stereocenters. The number of rotatable bonds is 1. The van der Waals surface area contributed by atoms with Gasteiger partial charge >= 0.3 is 0 Å². The Bertz CT molecular complexity index is 540. The number of hydrogen-bond donors (Lipinski definition) is 1. The molecule has 1 aromatic rings. The van der Waals surface area contributed by atoms with Gasteiger partial charge in [0.1, 0.15) is 5.69 Å². The zero-order chi connectivity index (χ0) is 13.9. The number of amides is 1. The number of nitrogens with two attached hydrogens (primary N) is 1. The standard InChI is InChI=1S/C15H19N3O/c1-15(2)7-10-18(11-15)14(19)13-12(5-3-8-16)6-4-9-17-13/h4,6,9H,7-8,10-11,16H2,1-2H3. The lowest BCUT2D eigenvalue weighted by Gasteiger charge is -2.19. The van der Waals surface area contributed by atoms with Crippen molar-refractivity contribution >= 4 is 5.91 Å². The van der Waals surface area contributed by atoms with Gasteiger partial charge in [-0.2, -0.15) is 0 Å². The molecule has 0 aliphatic carbocycles. The average molecular weight is 257 g/mol. The van der Waals surface area contributed by atoms with Crippen molar-refractivity contribution in [3.63, 3.8) is 0 Å². The second kappa shape index (κ2) is 5.41. The van der Waals surface area contributed by atoms with Crippen molar-refractivity contribution in [1.29, 1.82) is 0 Å². The van der Waals surface area contributed by atoms with Crippen LogP contribution in [0.5, 0.6) is 0 Å². The van der Waals surface area contributed by atoms with Gasteiger partial charge in [-0.05, 0) is 24.0 Å². The highest BCUT2D eigenvalue weighted by Crippen LogP contribution is 2.29. The van der Waals surface area contributed by atoms with E-state index in [0.29, 0.717) is 11.3 Å². The van der Waals surface area contributed by atoms with Gasteiger partial charge in [0, 0.05) is 19.3 Å². The Hall–Kier alpha value is -1.86. The van der Waals surface area contributed by atoms with E-state index in [1.807, 2.05) is 11.0 Å². The minimum absolute atomic E-state index is 0.0347. The summed E-state index contributed by atoms with van der Waals surface area (Å²) < 4.78 is 0. The first kappa shape index (κ1) is 13.6. The van der Waals surface area contributed by atoms with E-state index in [-0.39, 0.29) is 17.9 Å². The molecule has 4 nitrogen and oxygen atoms in total. The highest BCUT2D eigenvalue weighted by atomic mass is 16.2. The Morgan fingerprint density at radius 3 is 3.00 bits per heavy atom. The lowest BCUT2D eigenvalue weighted by molar-refractivity contribution is 0.0772. The third-order valence-electron chi connectivity index (χ3n) is 3.30. The molecular formula is C15H19N3O. The van der Waals surface area contributed by atoms with Crippen LogP contribution in [0.4, 0.5) is 0 Å². The van der Waals surface area contributed by atoms with Crippen LogP contribution in [0.3, 0.4) is 0 Å². The van der Waals surface area contributed by atoms with Crippen LogP contribution in [0, 0.1) is 17.3 Å². The molecule has 4 heteroatoms.